The van der Waals surface area contributed by atoms with Crippen LogP contribution in [-0.4, -0.2) is 21.5 Å². The number of halogens is 1. The van der Waals surface area contributed by atoms with Gasteiger partial charge in [-0.05, 0) is 47.0 Å². The third-order valence-electron chi connectivity index (χ3n) is 5.34. The predicted molar refractivity (Wildman–Crippen MR) is 110 cm³/mol. The number of oxazole rings is 1. The van der Waals surface area contributed by atoms with Gasteiger partial charge >= 0.3 is 0 Å². The third-order valence-corrected chi connectivity index (χ3v) is 6.00. The fourth-order valence-corrected chi connectivity index (χ4v) is 4.57. The number of dihydropyridines is 1. The summed E-state index contributed by atoms with van der Waals surface area (Å²) in [6.07, 6.45) is 5.46. The molecule has 0 spiro atoms. The van der Waals surface area contributed by atoms with Crippen LogP contribution in [0.5, 0.6) is 0 Å². The maximum atomic E-state index is 12.7. The van der Waals surface area contributed by atoms with Crippen LogP contribution >= 0.6 is 15.9 Å². The molecule has 0 saturated heterocycles. The number of hydrogen-bond donors (Lipinski definition) is 0. The summed E-state index contributed by atoms with van der Waals surface area (Å²) >= 11 is 3.53. The van der Waals surface area contributed by atoms with Gasteiger partial charge in [-0.2, -0.15) is 0 Å². The Hall–Kier alpha value is -2.60. The molecule has 2 aliphatic rings. The van der Waals surface area contributed by atoms with Crippen LogP contribution in [0.4, 0.5) is 0 Å². The average Bonchev–Trinajstić information content (AvgIpc) is 3.10. The van der Waals surface area contributed by atoms with Crippen molar-refractivity contribution in [2.75, 3.05) is 0 Å². The topological polar surface area (TPSA) is 68.3 Å². The van der Waals surface area contributed by atoms with Crippen LogP contribution in [0.15, 0.2) is 67.8 Å². The number of ketones is 1. The summed E-state index contributed by atoms with van der Waals surface area (Å²) in [5, 5.41) is 0. The normalized spacial score (nSPS) is 19.7. The number of pyridine rings is 1. The van der Waals surface area contributed by atoms with Crippen molar-refractivity contribution in [3.8, 4) is 0 Å². The summed E-state index contributed by atoms with van der Waals surface area (Å²) in [6, 6.07) is 11.3. The summed E-state index contributed by atoms with van der Waals surface area (Å²) in [7, 11) is 0. The zero-order valence-electron chi connectivity index (χ0n) is 15.2. The van der Waals surface area contributed by atoms with Crippen molar-refractivity contribution in [3.63, 3.8) is 0 Å². The lowest BCUT2D eigenvalue weighted by Crippen LogP contribution is -2.24. The summed E-state index contributed by atoms with van der Waals surface area (Å²) < 4.78 is 6.63. The molecule has 140 valence electrons. The molecule has 3 heterocycles. The maximum absolute atomic E-state index is 12.7. The fraction of sp³-hybridized carbons (Fsp3) is 0.273. The standard InChI is InChI=1S/C22H18BrN3O2/c23-22-15(6-4-10-24-22)21-20-13(5-3-8-17(20)27)11-14(25-21)12-19-26-16-7-1-2-9-18(16)28-19/h1-2,4,6-7,9-10,21H,3,5,8,11-12H2. The van der Waals surface area contributed by atoms with E-state index in [2.05, 4.69) is 25.9 Å². The van der Waals surface area contributed by atoms with E-state index in [4.69, 9.17) is 9.41 Å². The van der Waals surface area contributed by atoms with E-state index in [0.29, 0.717) is 25.2 Å². The van der Waals surface area contributed by atoms with Crippen molar-refractivity contribution in [1.82, 2.24) is 9.97 Å². The molecule has 0 bridgehead atoms. The Morgan fingerprint density at radius 3 is 2.89 bits per heavy atom. The number of benzene rings is 1. The highest BCUT2D eigenvalue weighted by molar-refractivity contribution is 9.10. The van der Waals surface area contributed by atoms with Crippen molar-refractivity contribution in [1.29, 1.82) is 0 Å². The number of nitrogens with zero attached hydrogens (tertiary/aromatic N) is 3. The first-order chi connectivity index (χ1) is 13.7. The molecule has 0 N–H and O–H groups in total. The fourth-order valence-electron chi connectivity index (χ4n) is 4.10. The van der Waals surface area contributed by atoms with Crippen LogP contribution in [0.2, 0.25) is 0 Å². The lowest BCUT2D eigenvalue weighted by Gasteiger charge is -2.29. The molecule has 1 atom stereocenters. The molecule has 0 radical (unpaired) electrons. The number of aliphatic imine (C=N–C) groups is 1. The van der Waals surface area contributed by atoms with E-state index < -0.39 is 0 Å². The molecule has 28 heavy (non-hydrogen) atoms. The highest BCUT2D eigenvalue weighted by Gasteiger charge is 2.33. The van der Waals surface area contributed by atoms with Crippen LogP contribution in [0, 0.1) is 0 Å². The zero-order valence-corrected chi connectivity index (χ0v) is 16.8. The molecule has 1 aromatic carbocycles. The first-order valence-corrected chi connectivity index (χ1v) is 10.2. The van der Waals surface area contributed by atoms with Gasteiger partial charge in [0, 0.05) is 35.9 Å². The van der Waals surface area contributed by atoms with E-state index in [1.807, 2.05) is 36.4 Å². The van der Waals surface area contributed by atoms with Crippen LogP contribution in [0.25, 0.3) is 11.1 Å². The van der Waals surface area contributed by atoms with Gasteiger partial charge in [0.15, 0.2) is 11.4 Å². The Labute approximate surface area is 170 Å². The number of carbonyl (C=O) groups is 1. The summed E-state index contributed by atoms with van der Waals surface area (Å²) in [5.74, 6) is 0.877. The van der Waals surface area contributed by atoms with Gasteiger partial charge in [-0.1, -0.05) is 23.8 Å². The molecule has 5 rings (SSSR count). The summed E-state index contributed by atoms with van der Waals surface area (Å²) in [4.78, 5) is 26.6. The van der Waals surface area contributed by atoms with Crippen molar-refractivity contribution < 1.29 is 9.21 Å². The maximum Gasteiger partial charge on any atom is 0.201 e. The lowest BCUT2D eigenvalue weighted by atomic mass is 9.80. The predicted octanol–water partition coefficient (Wildman–Crippen LogP) is 5.16. The Morgan fingerprint density at radius 1 is 1.14 bits per heavy atom. The van der Waals surface area contributed by atoms with E-state index >= 15 is 0 Å². The van der Waals surface area contributed by atoms with E-state index in [9.17, 15) is 4.79 Å². The molecule has 1 unspecified atom stereocenters. The Kier molecular flexibility index (Phi) is 4.43. The highest BCUT2D eigenvalue weighted by Crippen LogP contribution is 2.41. The number of fused-ring (bicyclic) bond motifs is 1. The van der Waals surface area contributed by atoms with E-state index in [-0.39, 0.29) is 11.8 Å². The van der Waals surface area contributed by atoms with Gasteiger partial charge < -0.3 is 4.42 Å². The number of allylic oxidation sites excluding steroid dienone is 1. The van der Waals surface area contributed by atoms with E-state index in [1.54, 1.807) is 6.20 Å². The minimum atomic E-state index is -0.306. The minimum absolute atomic E-state index is 0.215. The Balaban J connectivity index is 1.54. The number of para-hydroxylation sites is 2. The molecule has 0 fully saturated rings. The first kappa shape index (κ1) is 17.5. The number of hydrogen-bond acceptors (Lipinski definition) is 5. The van der Waals surface area contributed by atoms with Gasteiger partial charge in [0.05, 0.1) is 6.42 Å². The molecule has 2 aromatic heterocycles. The SMILES string of the molecule is O=C1CCCC2=C1C(c1cccnc1Br)N=C(Cc1nc3ccccc3o1)C2. The van der Waals surface area contributed by atoms with Crippen molar-refractivity contribution in [2.45, 2.75) is 38.1 Å². The quantitative estimate of drug-likeness (QED) is 0.532. The van der Waals surface area contributed by atoms with Gasteiger partial charge in [-0.25, -0.2) is 9.97 Å². The molecular weight excluding hydrogens is 418 g/mol. The largest absolute Gasteiger partial charge is 0.440 e. The molecule has 5 nitrogen and oxygen atoms in total. The number of Topliss-reactive ketones (excluding diaryl/α,β-unsaturated/α-hetero) is 1. The monoisotopic (exact) mass is 435 g/mol. The smallest absolute Gasteiger partial charge is 0.201 e. The molecule has 0 saturated carbocycles. The van der Waals surface area contributed by atoms with Crippen molar-refractivity contribution in [2.24, 2.45) is 4.99 Å². The van der Waals surface area contributed by atoms with E-state index in [0.717, 1.165) is 45.4 Å². The van der Waals surface area contributed by atoms with Crippen LogP contribution in [0.3, 0.4) is 0 Å². The van der Waals surface area contributed by atoms with Crippen LogP contribution in [0.1, 0.15) is 43.2 Å². The van der Waals surface area contributed by atoms with Crippen molar-refractivity contribution in [3.05, 3.63) is 69.8 Å². The second-order valence-corrected chi connectivity index (χ2v) is 7.96. The van der Waals surface area contributed by atoms with Gasteiger partial charge in [0.2, 0.25) is 5.89 Å². The number of rotatable bonds is 3. The summed E-state index contributed by atoms with van der Waals surface area (Å²) in [6.45, 7) is 0. The molecule has 3 aromatic rings. The third kappa shape index (κ3) is 3.11. The lowest BCUT2D eigenvalue weighted by molar-refractivity contribution is -0.116. The minimum Gasteiger partial charge on any atom is -0.440 e. The Bertz CT molecular complexity index is 1110. The Morgan fingerprint density at radius 2 is 2.04 bits per heavy atom. The van der Waals surface area contributed by atoms with Gasteiger partial charge in [-0.15, -0.1) is 0 Å². The van der Waals surface area contributed by atoms with Crippen LogP contribution in [-0.2, 0) is 11.2 Å². The number of aromatic nitrogens is 2. The van der Waals surface area contributed by atoms with Crippen molar-refractivity contribution >= 4 is 38.5 Å². The molecule has 6 heteroatoms. The van der Waals surface area contributed by atoms with Crippen LogP contribution < -0.4 is 0 Å². The molecule has 1 aliphatic carbocycles. The second-order valence-electron chi connectivity index (χ2n) is 7.20. The summed E-state index contributed by atoms with van der Waals surface area (Å²) in [5.41, 5.74) is 5.64. The molecule has 0 amide bonds. The number of carbonyl (C=O) groups excluding carboxylic acids is 1. The van der Waals surface area contributed by atoms with Gasteiger partial charge in [0.25, 0.3) is 0 Å². The van der Waals surface area contributed by atoms with Gasteiger partial charge in [-0.3, -0.25) is 9.79 Å². The highest BCUT2D eigenvalue weighted by atomic mass is 79.9. The second kappa shape index (κ2) is 7.09. The molecule has 1 aliphatic heterocycles. The van der Waals surface area contributed by atoms with Gasteiger partial charge in [0.1, 0.15) is 16.2 Å². The zero-order chi connectivity index (χ0) is 19.1. The molecular formula is C22H18BrN3O2. The first-order valence-electron chi connectivity index (χ1n) is 9.44. The van der Waals surface area contributed by atoms with E-state index in [1.165, 1.54) is 5.57 Å². The average molecular weight is 436 g/mol.